The number of para-hydroxylation sites is 1. The quantitative estimate of drug-likeness (QED) is 0.211. The number of nitrogens with zero attached hydrogens (tertiary/aromatic N) is 1. The van der Waals surface area contributed by atoms with Crippen LogP contribution in [-0.2, 0) is 16.1 Å². The van der Waals surface area contributed by atoms with E-state index in [0.717, 1.165) is 15.8 Å². The second-order valence-electron chi connectivity index (χ2n) is 8.21. The number of thiophene rings is 1. The number of Topliss-reactive ketones (excluding diaryl/α,β-unsaturated/α-hetero) is 1. The van der Waals surface area contributed by atoms with E-state index in [1.807, 2.05) is 41.8 Å². The minimum atomic E-state index is -0.880. The Labute approximate surface area is 211 Å². The summed E-state index contributed by atoms with van der Waals surface area (Å²) in [5, 5.41) is 14.1. The molecule has 36 heavy (non-hydrogen) atoms. The molecule has 5 rings (SSSR count). The smallest absolute Gasteiger partial charge is 0.295 e. The lowest BCUT2D eigenvalue weighted by molar-refractivity contribution is -0.140. The average Bonchev–Trinajstić information content (AvgIpc) is 3.63. The van der Waals surface area contributed by atoms with E-state index in [9.17, 15) is 14.7 Å². The van der Waals surface area contributed by atoms with Crippen molar-refractivity contribution >= 4 is 39.7 Å². The van der Waals surface area contributed by atoms with Gasteiger partial charge in [-0.25, -0.2) is 0 Å². The number of rotatable bonds is 7. The number of ketones is 1. The van der Waals surface area contributed by atoms with Gasteiger partial charge >= 0.3 is 0 Å². The maximum absolute atomic E-state index is 13.4. The number of carbonyl (C=O) groups is 2. The number of aromatic amines is 1. The Hall–Kier alpha value is -4.24. The second-order valence-corrected chi connectivity index (χ2v) is 9.25. The van der Waals surface area contributed by atoms with Crippen molar-refractivity contribution in [1.82, 2.24) is 9.88 Å². The number of aliphatic hydroxyl groups is 1. The van der Waals surface area contributed by atoms with Crippen LogP contribution in [0, 0.1) is 0 Å². The van der Waals surface area contributed by atoms with Crippen molar-refractivity contribution in [3.8, 4) is 17.2 Å². The Bertz CT molecular complexity index is 1460. The minimum absolute atomic E-state index is 0.00409. The summed E-state index contributed by atoms with van der Waals surface area (Å²) in [6, 6.07) is 13.7. The first-order chi connectivity index (χ1) is 17.5. The van der Waals surface area contributed by atoms with Gasteiger partial charge in [0.25, 0.3) is 11.7 Å². The number of nitrogens with one attached hydrogen (secondary N) is 1. The third kappa shape index (κ3) is 3.77. The topological polar surface area (TPSA) is 101 Å². The highest BCUT2D eigenvalue weighted by Gasteiger charge is 2.47. The molecule has 4 aromatic rings. The molecule has 1 aliphatic heterocycles. The van der Waals surface area contributed by atoms with Crippen LogP contribution in [-0.4, -0.2) is 48.0 Å². The molecule has 1 amide bonds. The molecule has 2 aromatic heterocycles. The molecule has 1 unspecified atom stereocenters. The molecule has 3 heterocycles. The highest BCUT2D eigenvalue weighted by Crippen LogP contribution is 2.46. The monoisotopic (exact) mass is 504 g/mol. The molecule has 1 atom stereocenters. The number of benzene rings is 2. The van der Waals surface area contributed by atoms with Gasteiger partial charge in [-0.2, -0.15) is 0 Å². The van der Waals surface area contributed by atoms with Crippen LogP contribution in [0.2, 0.25) is 0 Å². The van der Waals surface area contributed by atoms with E-state index in [0.29, 0.717) is 28.4 Å². The lowest BCUT2D eigenvalue weighted by Crippen LogP contribution is -2.29. The minimum Gasteiger partial charge on any atom is -0.507 e. The van der Waals surface area contributed by atoms with E-state index in [-0.39, 0.29) is 17.9 Å². The van der Waals surface area contributed by atoms with Crippen molar-refractivity contribution in [2.75, 3.05) is 21.3 Å². The molecule has 0 saturated carbocycles. The van der Waals surface area contributed by atoms with Gasteiger partial charge in [0, 0.05) is 27.5 Å². The van der Waals surface area contributed by atoms with E-state index in [1.54, 1.807) is 18.3 Å². The summed E-state index contributed by atoms with van der Waals surface area (Å²) < 4.78 is 16.5. The van der Waals surface area contributed by atoms with Crippen LogP contribution in [0.4, 0.5) is 0 Å². The lowest BCUT2D eigenvalue weighted by Gasteiger charge is -2.26. The zero-order chi connectivity index (χ0) is 25.4. The van der Waals surface area contributed by atoms with Gasteiger partial charge in [-0.3, -0.25) is 9.59 Å². The molecule has 184 valence electrons. The van der Waals surface area contributed by atoms with Gasteiger partial charge in [-0.15, -0.1) is 11.3 Å². The Morgan fingerprint density at radius 3 is 2.39 bits per heavy atom. The normalized spacial score (nSPS) is 17.1. The number of H-pyrrole nitrogens is 1. The van der Waals surface area contributed by atoms with Gasteiger partial charge in [0.1, 0.15) is 5.76 Å². The summed E-state index contributed by atoms with van der Waals surface area (Å²) in [6.07, 6.45) is 1.64. The molecule has 0 radical (unpaired) electrons. The van der Waals surface area contributed by atoms with Gasteiger partial charge in [-0.1, -0.05) is 24.3 Å². The molecule has 0 bridgehead atoms. The van der Waals surface area contributed by atoms with Crippen LogP contribution >= 0.6 is 11.3 Å². The van der Waals surface area contributed by atoms with Crippen LogP contribution in [0.1, 0.15) is 22.0 Å². The first kappa shape index (κ1) is 23.5. The fourth-order valence-electron chi connectivity index (χ4n) is 4.63. The zero-order valence-corrected chi connectivity index (χ0v) is 20.7. The summed E-state index contributed by atoms with van der Waals surface area (Å²) in [5.41, 5.74) is 1.78. The van der Waals surface area contributed by atoms with Crippen LogP contribution in [0.5, 0.6) is 17.2 Å². The zero-order valence-electron chi connectivity index (χ0n) is 19.9. The third-order valence-electron chi connectivity index (χ3n) is 6.29. The van der Waals surface area contributed by atoms with Crippen molar-refractivity contribution in [1.29, 1.82) is 0 Å². The fraction of sp³-hybridized carbons (Fsp3) is 0.185. The van der Waals surface area contributed by atoms with Crippen LogP contribution in [0.15, 0.2) is 65.7 Å². The van der Waals surface area contributed by atoms with Gasteiger partial charge in [-0.05, 0) is 35.2 Å². The van der Waals surface area contributed by atoms with Crippen molar-refractivity contribution in [3.63, 3.8) is 0 Å². The molecule has 1 fully saturated rings. The molecule has 8 nitrogen and oxygen atoms in total. The number of hydrogen-bond acceptors (Lipinski definition) is 7. The molecule has 0 aliphatic carbocycles. The summed E-state index contributed by atoms with van der Waals surface area (Å²) in [7, 11) is 4.49. The highest BCUT2D eigenvalue weighted by molar-refractivity contribution is 7.09. The first-order valence-corrected chi connectivity index (χ1v) is 12.0. The number of fused-ring (bicyclic) bond motifs is 1. The molecule has 1 saturated heterocycles. The Morgan fingerprint density at radius 2 is 1.75 bits per heavy atom. The number of likely N-dealkylation sites (tertiary alicyclic amines) is 1. The van der Waals surface area contributed by atoms with Gasteiger partial charge in [0.15, 0.2) is 11.5 Å². The van der Waals surface area contributed by atoms with E-state index in [1.165, 1.54) is 37.6 Å². The number of ether oxygens (including phenoxy) is 3. The Balaban J connectivity index is 1.75. The molecule has 2 N–H and O–H groups in total. The maximum Gasteiger partial charge on any atom is 0.295 e. The average molecular weight is 505 g/mol. The van der Waals surface area contributed by atoms with Crippen molar-refractivity contribution in [2.24, 2.45) is 0 Å². The van der Waals surface area contributed by atoms with Crippen molar-refractivity contribution in [2.45, 2.75) is 12.6 Å². The molecule has 1 aliphatic rings. The summed E-state index contributed by atoms with van der Waals surface area (Å²) >= 11 is 1.48. The predicted molar refractivity (Wildman–Crippen MR) is 137 cm³/mol. The number of methoxy groups -OCH3 is 3. The number of aliphatic hydroxyl groups excluding tert-OH is 1. The van der Waals surface area contributed by atoms with E-state index in [2.05, 4.69) is 4.98 Å². The second kappa shape index (κ2) is 9.43. The van der Waals surface area contributed by atoms with Crippen LogP contribution in [0.3, 0.4) is 0 Å². The van der Waals surface area contributed by atoms with Crippen molar-refractivity contribution < 1.29 is 28.9 Å². The molecule has 2 aromatic carbocycles. The molecule has 0 spiro atoms. The molecular formula is C27H24N2O6S. The number of hydrogen-bond donors (Lipinski definition) is 2. The maximum atomic E-state index is 13.4. The fourth-order valence-corrected chi connectivity index (χ4v) is 5.33. The van der Waals surface area contributed by atoms with Gasteiger partial charge in [0.05, 0.1) is 39.5 Å². The van der Waals surface area contributed by atoms with Gasteiger partial charge < -0.3 is 29.2 Å². The Kier molecular flexibility index (Phi) is 6.15. The lowest BCUT2D eigenvalue weighted by atomic mass is 9.94. The summed E-state index contributed by atoms with van der Waals surface area (Å²) in [4.78, 5) is 32.3. The molecule has 9 heteroatoms. The van der Waals surface area contributed by atoms with Crippen LogP contribution < -0.4 is 14.2 Å². The largest absolute Gasteiger partial charge is 0.507 e. The standard InChI is InChI=1S/C27H24N2O6S/c1-33-20-11-15(12-21(34-2)26(20)35-3)23-22(24(30)18-13-28-19-9-5-4-8-17(18)19)25(31)27(32)29(23)14-16-7-6-10-36-16/h4-13,23,28,30H,14H2,1-3H3/b24-22-. The number of carbonyl (C=O) groups excluding carboxylic acids is 2. The first-order valence-electron chi connectivity index (χ1n) is 11.2. The SMILES string of the molecule is COc1cc(C2/C(=C(/O)c3c[nH]c4ccccc34)C(=O)C(=O)N2Cc2cccs2)cc(OC)c1OC. The van der Waals surface area contributed by atoms with E-state index >= 15 is 0 Å². The number of aromatic nitrogens is 1. The summed E-state index contributed by atoms with van der Waals surface area (Å²) in [6.45, 7) is 0.203. The van der Waals surface area contributed by atoms with Gasteiger partial charge in [0.2, 0.25) is 5.75 Å². The Morgan fingerprint density at radius 1 is 1.03 bits per heavy atom. The van der Waals surface area contributed by atoms with E-state index < -0.39 is 17.7 Å². The van der Waals surface area contributed by atoms with Crippen molar-refractivity contribution in [3.05, 3.63) is 81.7 Å². The third-order valence-corrected chi connectivity index (χ3v) is 7.15. The van der Waals surface area contributed by atoms with Crippen LogP contribution in [0.25, 0.3) is 16.7 Å². The number of amides is 1. The van der Waals surface area contributed by atoms with E-state index in [4.69, 9.17) is 14.2 Å². The molecular weight excluding hydrogens is 480 g/mol. The highest BCUT2D eigenvalue weighted by atomic mass is 32.1. The summed E-state index contributed by atoms with van der Waals surface area (Å²) in [5.74, 6) is -0.563. The predicted octanol–water partition coefficient (Wildman–Crippen LogP) is 4.88.